The molecule has 1 saturated carbocycles. The van der Waals surface area contributed by atoms with E-state index in [2.05, 4.69) is 0 Å². The van der Waals surface area contributed by atoms with Crippen LogP contribution < -0.4 is 0 Å². The molecule has 3 aliphatic carbocycles. The Morgan fingerprint density at radius 3 is 2.67 bits per heavy atom. The topological polar surface area (TPSA) is 80.7 Å². The van der Waals surface area contributed by atoms with Gasteiger partial charge in [-0.05, 0) is 30.6 Å². The highest BCUT2D eigenvalue weighted by Crippen LogP contribution is 2.47. The molecule has 2 fully saturated rings. The average Bonchev–Trinajstić information content (AvgIpc) is 2.79. The van der Waals surface area contributed by atoms with Crippen LogP contribution in [0.4, 0.5) is 0 Å². The number of hydrogen-bond acceptors (Lipinski definition) is 5. The molecule has 2 bridgehead atoms. The van der Waals surface area contributed by atoms with E-state index in [9.17, 15) is 19.5 Å². The maximum atomic E-state index is 12.4. The predicted molar refractivity (Wildman–Crippen MR) is 84.7 cm³/mol. The van der Waals surface area contributed by atoms with E-state index in [1.807, 2.05) is 19.1 Å². The first-order valence-corrected chi connectivity index (χ1v) is 8.80. The van der Waals surface area contributed by atoms with Gasteiger partial charge in [-0.15, -0.1) is 0 Å². The van der Waals surface area contributed by atoms with Crippen LogP contribution in [0.3, 0.4) is 0 Å². The number of carbonyl (C=O) groups is 3. The van der Waals surface area contributed by atoms with Crippen LogP contribution in [0.15, 0.2) is 23.8 Å². The summed E-state index contributed by atoms with van der Waals surface area (Å²) in [4.78, 5) is 37.0. The lowest BCUT2D eigenvalue weighted by Gasteiger charge is -2.37. The number of aliphatic hydroxyl groups excluding tert-OH is 1. The molecule has 0 radical (unpaired) electrons. The number of allylic oxidation sites excluding steroid dienone is 3. The van der Waals surface area contributed by atoms with Crippen molar-refractivity contribution in [2.24, 2.45) is 29.6 Å². The summed E-state index contributed by atoms with van der Waals surface area (Å²) >= 11 is 0. The standard InChI is InChI=1S/C19H22O5/c1-9-4-15-13(18(9)22)3-2-10-5-11(20)6-12-7-17(21)16(8-14(10)15)19(23)24-12/h2-3,8-15,20H,4-7H2,1H3/b16-8+/t9-,10?,11-,12-,13?,14?,15?/m1/s1. The molecule has 0 aromatic heterocycles. The molecule has 2 aliphatic heterocycles. The molecule has 5 rings (SSSR count). The van der Waals surface area contributed by atoms with Crippen LogP contribution in [0, 0.1) is 29.6 Å². The van der Waals surface area contributed by atoms with Gasteiger partial charge in [0.1, 0.15) is 11.9 Å². The van der Waals surface area contributed by atoms with E-state index in [-0.39, 0.29) is 53.1 Å². The molecule has 128 valence electrons. The van der Waals surface area contributed by atoms with Crippen molar-refractivity contribution < 1.29 is 24.2 Å². The van der Waals surface area contributed by atoms with Crippen LogP contribution in [-0.4, -0.2) is 34.9 Å². The third-order valence-electron chi connectivity index (χ3n) is 6.10. The van der Waals surface area contributed by atoms with Gasteiger partial charge in [0.15, 0.2) is 5.78 Å². The summed E-state index contributed by atoms with van der Waals surface area (Å²) in [6.45, 7) is 1.94. The first kappa shape index (κ1) is 15.8. The van der Waals surface area contributed by atoms with Gasteiger partial charge < -0.3 is 9.84 Å². The fourth-order valence-electron chi connectivity index (χ4n) is 4.92. The van der Waals surface area contributed by atoms with Gasteiger partial charge in [-0.2, -0.15) is 0 Å². The Labute approximate surface area is 140 Å². The Morgan fingerprint density at radius 2 is 1.92 bits per heavy atom. The van der Waals surface area contributed by atoms with Crippen molar-refractivity contribution in [1.29, 1.82) is 0 Å². The molecule has 5 heteroatoms. The summed E-state index contributed by atoms with van der Waals surface area (Å²) in [5.74, 6) is -0.610. The van der Waals surface area contributed by atoms with Crippen LogP contribution in [0.2, 0.25) is 0 Å². The molecule has 0 amide bonds. The fourth-order valence-corrected chi connectivity index (χ4v) is 4.92. The molecule has 4 unspecified atom stereocenters. The zero-order valence-electron chi connectivity index (χ0n) is 13.7. The molecule has 5 aliphatic rings. The number of rotatable bonds is 0. The summed E-state index contributed by atoms with van der Waals surface area (Å²) in [5, 5.41) is 10.4. The molecule has 7 atom stereocenters. The molecule has 5 nitrogen and oxygen atoms in total. The summed E-state index contributed by atoms with van der Waals surface area (Å²) in [6.07, 6.45) is 6.36. The van der Waals surface area contributed by atoms with Gasteiger partial charge in [-0.25, -0.2) is 4.79 Å². The molecule has 0 spiro atoms. The number of Topliss-reactive ketones (excluding diaryl/α,β-unsaturated/α-hetero) is 2. The minimum Gasteiger partial charge on any atom is -0.458 e. The third kappa shape index (κ3) is 2.46. The highest BCUT2D eigenvalue weighted by Gasteiger charge is 2.47. The molecule has 0 aromatic rings. The molecule has 2 heterocycles. The highest BCUT2D eigenvalue weighted by molar-refractivity contribution is 6.18. The van der Waals surface area contributed by atoms with Crippen molar-refractivity contribution in [3.8, 4) is 0 Å². The van der Waals surface area contributed by atoms with Crippen molar-refractivity contribution in [2.45, 2.75) is 44.8 Å². The largest absolute Gasteiger partial charge is 0.458 e. The molecule has 1 saturated heterocycles. The van der Waals surface area contributed by atoms with Crippen molar-refractivity contribution in [2.75, 3.05) is 0 Å². The number of aliphatic hydroxyl groups is 1. The van der Waals surface area contributed by atoms with Gasteiger partial charge in [-0.3, -0.25) is 9.59 Å². The smallest absolute Gasteiger partial charge is 0.341 e. The van der Waals surface area contributed by atoms with Crippen molar-refractivity contribution in [1.82, 2.24) is 0 Å². The lowest BCUT2D eigenvalue weighted by atomic mass is 9.68. The van der Waals surface area contributed by atoms with E-state index in [0.717, 1.165) is 6.42 Å². The number of fused-ring (bicyclic) bond motifs is 5. The van der Waals surface area contributed by atoms with Gasteiger partial charge in [-0.1, -0.05) is 25.2 Å². The summed E-state index contributed by atoms with van der Waals surface area (Å²) in [5.41, 5.74) is 0.138. The Morgan fingerprint density at radius 1 is 1.12 bits per heavy atom. The van der Waals surface area contributed by atoms with E-state index in [0.29, 0.717) is 12.8 Å². The summed E-state index contributed by atoms with van der Waals surface area (Å²) in [6, 6.07) is 0. The number of carbonyl (C=O) groups excluding carboxylic acids is 3. The maximum absolute atomic E-state index is 12.4. The number of esters is 1. The number of ketones is 2. The minimum absolute atomic E-state index is 0.000480. The van der Waals surface area contributed by atoms with Gasteiger partial charge >= 0.3 is 5.97 Å². The van der Waals surface area contributed by atoms with E-state index >= 15 is 0 Å². The van der Waals surface area contributed by atoms with Crippen LogP contribution in [0.25, 0.3) is 0 Å². The monoisotopic (exact) mass is 330 g/mol. The van der Waals surface area contributed by atoms with Crippen LogP contribution >= 0.6 is 0 Å². The molecule has 0 aromatic carbocycles. The quantitative estimate of drug-likeness (QED) is 0.414. The normalized spacial score (nSPS) is 46.8. The maximum Gasteiger partial charge on any atom is 0.341 e. The Balaban J connectivity index is 1.77. The first-order chi connectivity index (χ1) is 11.4. The molecule has 1 N–H and O–H groups in total. The highest BCUT2D eigenvalue weighted by atomic mass is 16.5. The minimum atomic E-state index is -0.619. The van der Waals surface area contributed by atoms with E-state index in [1.54, 1.807) is 6.08 Å². The second kappa shape index (κ2) is 5.66. The third-order valence-corrected chi connectivity index (χ3v) is 6.10. The first-order valence-electron chi connectivity index (χ1n) is 8.80. The summed E-state index contributed by atoms with van der Waals surface area (Å²) < 4.78 is 5.33. The van der Waals surface area contributed by atoms with E-state index in [4.69, 9.17) is 4.74 Å². The van der Waals surface area contributed by atoms with E-state index in [1.165, 1.54) is 0 Å². The molecular formula is C19H22O5. The van der Waals surface area contributed by atoms with Gasteiger partial charge in [0.05, 0.1) is 11.7 Å². The second-order valence-corrected chi connectivity index (χ2v) is 7.72. The molecular weight excluding hydrogens is 308 g/mol. The Kier molecular flexibility index (Phi) is 3.71. The van der Waals surface area contributed by atoms with Crippen molar-refractivity contribution in [3.05, 3.63) is 23.8 Å². The summed E-state index contributed by atoms with van der Waals surface area (Å²) in [7, 11) is 0. The van der Waals surface area contributed by atoms with Crippen molar-refractivity contribution in [3.63, 3.8) is 0 Å². The lowest BCUT2D eigenvalue weighted by Crippen LogP contribution is -2.39. The van der Waals surface area contributed by atoms with Crippen LogP contribution in [-0.2, 0) is 19.1 Å². The number of ether oxygens (including phenoxy) is 1. The number of hydrogen-bond donors (Lipinski definition) is 1. The van der Waals surface area contributed by atoms with Gasteiger partial charge in [0, 0.05) is 24.7 Å². The zero-order valence-corrected chi connectivity index (χ0v) is 13.7. The van der Waals surface area contributed by atoms with Gasteiger partial charge in [0.2, 0.25) is 0 Å². The SMILES string of the molecule is C[C@@H]1CC2C(C=CC3C[C@@H](O)C[C@@H]4CC(=O)/C(=C\C32)C(=O)O4)C1=O. The predicted octanol–water partition coefficient (Wildman–Crippen LogP) is 1.60. The van der Waals surface area contributed by atoms with Gasteiger partial charge in [0.25, 0.3) is 0 Å². The Hall–Kier alpha value is -1.75. The van der Waals surface area contributed by atoms with Crippen molar-refractivity contribution >= 4 is 17.5 Å². The fraction of sp³-hybridized carbons (Fsp3) is 0.632. The zero-order chi connectivity index (χ0) is 17.0. The van der Waals surface area contributed by atoms with Crippen LogP contribution in [0.1, 0.15) is 32.6 Å². The molecule has 24 heavy (non-hydrogen) atoms. The average molecular weight is 330 g/mol. The second-order valence-electron chi connectivity index (χ2n) is 7.72. The van der Waals surface area contributed by atoms with E-state index < -0.39 is 18.2 Å². The van der Waals surface area contributed by atoms with Crippen LogP contribution in [0.5, 0.6) is 0 Å². The Bertz CT molecular complexity index is 641. The lowest BCUT2D eigenvalue weighted by molar-refractivity contribution is -0.153.